The van der Waals surface area contributed by atoms with E-state index in [1.165, 1.54) is 9.80 Å². The van der Waals surface area contributed by atoms with Crippen LogP contribution in [0.15, 0.2) is 18.2 Å². The number of nitrogens with zero attached hydrogens (tertiary/aromatic N) is 2. The number of rotatable bonds is 5. The van der Waals surface area contributed by atoms with Gasteiger partial charge in [-0.2, -0.15) is 0 Å². The van der Waals surface area contributed by atoms with E-state index in [1.54, 1.807) is 32.3 Å². The molecule has 1 heterocycles. The van der Waals surface area contributed by atoms with Gasteiger partial charge in [-0.05, 0) is 23.8 Å². The van der Waals surface area contributed by atoms with Crippen LogP contribution in [-0.2, 0) is 16.1 Å². The molecule has 3 N–H and O–H groups in total. The van der Waals surface area contributed by atoms with Gasteiger partial charge in [0.2, 0.25) is 5.91 Å². The molecule has 0 spiro atoms. The van der Waals surface area contributed by atoms with Gasteiger partial charge in [-0.3, -0.25) is 14.4 Å². The fourth-order valence-corrected chi connectivity index (χ4v) is 2.63. The lowest BCUT2D eigenvalue weighted by molar-refractivity contribution is -0.141. The molecule has 2 amide bonds. The number of nitrogens with one attached hydrogen (secondary N) is 1. The first-order chi connectivity index (χ1) is 11.3. The smallest absolute Gasteiger partial charge is 0.305 e. The maximum Gasteiger partial charge on any atom is 0.305 e. The van der Waals surface area contributed by atoms with Gasteiger partial charge in [0.1, 0.15) is 6.04 Å². The van der Waals surface area contributed by atoms with Crippen LogP contribution in [-0.4, -0.2) is 71.1 Å². The summed E-state index contributed by atoms with van der Waals surface area (Å²) in [6.07, 6.45) is -0.317. The molecule has 0 aliphatic carbocycles. The van der Waals surface area contributed by atoms with E-state index in [0.717, 1.165) is 5.56 Å². The highest BCUT2D eigenvalue weighted by atomic mass is 16.4. The Kier molecular flexibility index (Phi) is 5.40. The number of carbonyl (C=O) groups is 3. The van der Waals surface area contributed by atoms with E-state index in [9.17, 15) is 14.4 Å². The summed E-state index contributed by atoms with van der Waals surface area (Å²) in [7, 11) is 3.20. The Balaban J connectivity index is 2.30. The highest BCUT2D eigenvalue weighted by Gasteiger charge is 2.29. The summed E-state index contributed by atoms with van der Waals surface area (Å²) >= 11 is 0. The predicted octanol–water partition coefficient (Wildman–Crippen LogP) is -0.0219. The second kappa shape index (κ2) is 7.31. The number of aliphatic hydroxyl groups is 1. The van der Waals surface area contributed by atoms with E-state index in [2.05, 4.69) is 5.32 Å². The highest BCUT2D eigenvalue weighted by Crippen LogP contribution is 2.25. The van der Waals surface area contributed by atoms with Crippen molar-refractivity contribution in [1.82, 2.24) is 9.80 Å². The minimum Gasteiger partial charge on any atom is -0.481 e. The number of aliphatic hydroxyl groups excluding tert-OH is 1. The SMILES string of the molecule is CN(CCO)C(=O)c1ccc2c(c1)CN(C)C(=O)C(CC(=O)O)N2. The van der Waals surface area contributed by atoms with E-state index in [4.69, 9.17) is 10.2 Å². The van der Waals surface area contributed by atoms with Crippen molar-refractivity contribution in [2.24, 2.45) is 0 Å². The number of carboxylic acid groups (broad SMARTS) is 1. The van der Waals surface area contributed by atoms with Crippen LogP contribution in [0.25, 0.3) is 0 Å². The molecule has 1 aliphatic rings. The Labute approximate surface area is 139 Å². The number of aliphatic carboxylic acids is 1. The van der Waals surface area contributed by atoms with Crippen LogP contribution < -0.4 is 5.32 Å². The molecular formula is C16H21N3O5. The molecule has 0 bridgehead atoms. The van der Waals surface area contributed by atoms with Crippen LogP contribution in [0.1, 0.15) is 22.3 Å². The maximum atomic E-state index is 12.3. The summed E-state index contributed by atoms with van der Waals surface area (Å²) in [5, 5.41) is 20.8. The molecule has 24 heavy (non-hydrogen) atoms. The maximum absolute atomic E-state index is 12.3. The average molecular weight is 335 g/mol. The van der Waals surface area contributed by atoms with Gasteiger partial charge in [-0.15, -0.1) is 0 Å². The zero-order chi connectivity index (χ0) is 17.9. The molecule has 0 saturated heterocycles. The van der Waals surface area contributed by atoms with Crippen molar-refractivity contribution >= 4 is 23.5 Å². The molecule has 0 saturated carbocycles. The van der Waals surface area contributed by atoms with Crippen molar-refractivity contribution in [3.05, 3.63) is 29.3 Å². The molecule has 130 valence electrons. The summed E-state index contributed by atoms with van der Waals surface area (Å²) in [4.78, 5) is 38.4. The second-order valence-corrected chi connectivity index (χ2v) is 5.81. The topological polar surface area (TPSA) is 110 Å². The number of carboxylic acids is 1. The summed E-state index contributed by atoms with van der Waals surface area (Å²) < 4.78 is 0. The number of anilines is 1. The largest absolute Gasteiger partial charge is 0.481 e. The average Bonchev–Trinajstić information content (AvgIpc) is 2.64. The van der Waals surface area contributed by atoms with Crippen LogP contribution in [0.3, 0.4) is 0 Å². The summed E-state index contributed by atoms with van der Waals surface area (Å²) in [6, 6.07) is 4.14. The van der Waals surface area contributed by atoms with E-state index < -0.39 is 12.0 Å². The normalized spacial score (nSPS) is 16.9. The lowest BCUT2D eigenvalue weighted by Crippen LogP contribution is -2.39. The van der Waals surface area contributed by atoms with Gasteiger partial charge in [-0.1, -0.05) is 0 Å². The second-order valence-electron chi connectivity index (χ2n) is 5.81. The number of hydrogen-bond donors (Lipinski definition) is 3. The van der Waals surface area contributed by atoms with Crippen LogP contribution in [0.5, 0.6) is 0 Å². The third-order valence-electron chi connectivity index (χ3n) is 3.92. The number of amides is 2. The number of carbonyl (C=O) groups excluding carboxylic acids is 2. The van der Waals surface area contributed by atoms with Gasteiger partial charge in [0.05, 0.1) is 13.0 Å². The lowest BCUT2D eigenvalue weighted by atomic mass is 10.1. The molecule has 0 fully saturated rings. The standard InChI is InChI=1S/C16H21N3O5/c1-18(5-6-20)15(23)10-3-4-12-11(7-10)9-19(2)16(24)13(17-12)8-14(21)22/h3-4,7,13,17,20H,5-6,8-9H2,1-2H3,(H,21,22). The minimum absolute atomic E-state index is 0.122. The van der Waals surface area contributed by atoms with Crippen molar-refractivity contribution in [1.29, 1.82) is 0 Å². The number of fused-ring (bicyclic) bond motifs is 1. The van der Waals surface area contributed by atoms with Gasteiger partial charge >= 0.3 is 5.97 Å². The van der Waals surface area contributed by atoms with Gasteiger partial charge < -0.3 is 25.3 Å². The summed E-state index contributed by atoms with van der Waals surface area (Å²) in [6.45, 7) is 0.387. The van der Waals surface area contributed by atoms with Crippen LogP contribution in [0.4, 0.5) is 5.69 Å². The molecule has 2 rings (SSSR count). The zero-order valence-corrected chi connectivity index (χ0v) is 13.7. The predicted molar refractivity (Wildman–Crippen MR) is 86.6 cm³/mol. The van der Waals surface area contributed by atoms with Crippen molar-refractivity contribution in [2.75, 3.05) is 32.6 Å². The van der Waals surface area contributed by atoms with Crippen molar-refractivity contribution < 1.29 is 24.6 Å². The first-order valence-electron chi connectivity index (χ1n) is 7.56. The number of likely N-dealkylation sites (N-methyl/N-ethyl adjacent to an activating group) is 2. The third kappa shape index (κ3) is 3.83. The van der Waals surface area contributed by atoms with E-state index in [-0.39, 0.29) is 37.9 Å². The number of hydrogen-bond acceptors (Lipinski definition) is 5. The van der Waals surface area contributed by atoms with Crippen LogP contribution in [0.2, 0.25) is 0 Å². The van der Waals surface area contributed by atoms with Crippen molar-refractivity contribution in [3.63, 3.8) is 0 Å². The molecule has 0 aromatic heterocycles. The molecule has 1 atom stereocenters. The van der Waals surface area contributed by atoms with Gasteiger partial charge in [-0.25, -0.2) is 0 Å². The Hall–Kier alpha value is -2.61. The monoisotopic (exact) mass is 335 g/mol. The molecule has 1 aromatic carbocycles. The van der Waals surface area contributed by atoms with E-state index in [1.807, 2.05) is 0 Å². The summed E-state index contributed by atoms with van der Waals surface area (Å²) in [5.74, 6) is -1.60. The van der Waals surface area contributed by atoms with Gasteiger partial charge in [0, 0.05) is 38.4 Å². The van der Waals surface area contributed by atoms with Crippen LogP contribution >= 0.6 is 0 Å². The summed E-state index contributed by atoms with van der Waals surface area (Å²) in [5.41, 5.74) is 1.83. The van der Waals surface area contributed by atoms with E-state index in [0.29, 0.717) is 11.3 Å². The third-order valence-corrected chi connectivity index (χ3v) is 3.92. The number of benzene rings is 1. The first kappa shape index (κ1) is 17.7. The minimum atomic E-state index is -1.06. The molecule has 1 aromatic rings. The fraction of sp³-hybridized carbons (Fsp3) is 0.438. The molecular weight excluding hydrogens is 314 g/mol. The van der Waals surface area contributed by atoms with Crippen LogP contribution in [0, 0.1) is 0 Å². The molecule has 1 aliphatic heterocycles. The van der Waals surface area contributed by atoms with Gasteiger partial charge in [0.15, 0.2) is 0 Å². The van der Waals surface area contributed by atoms with Gasteiger partial charge in [0.25, 0.3) is 5.91 Å². The lowest BCUT2D eigenvalue weighted by Gasteiger charge is -2.19. The molecule has 8 nitrogen and oxygen atoms in total. The Morgan fingerprint density at radius 1 is 1.42 bits per heavy atom. The zero-order valence-electron chi connectivity index (χ0n) is 13.7. The Morgan fingerprint density at radius 3 is 2.75 bits per heavy atom. The quantitative estimate of drug-likeness (QED) is 0.697. The molecule has 8 heteroatoms. The Morgan fingerprint density at radius 2 is 2.12 bits per heavy atom. The molecule has 0 radical (unpaired) electrons. The first-order valence-corrected chi connectivity index (χ1v) is 7.56. The van der Waals surface area contributed by atoms with Crippen molar-refractivity contribution in [2.45, 2.75) is 19.0 Å². The molecule has 1 unspecified atom stereocenters. The highest BCUT2D eigenvalue weighted by molar-refractivity contribution is 5.95. The fourth-order valence-electron chi connectivity index (χ4n) is 2.63. The van der Waals surface area contributed by atoms with E-state index >= 15 is 0 Å². The van der Waals surface area contributed by atoms with Crippen molar-refractivity contribution in [3.8, 4) is 0 Å². The Bertz CT molecular complexity index is 661.